The van der Waals surface area contributed by atoms with E-state index in [9.17, 15) is 0 Å². The van der Waals surface area contributed by atoms with Crippen molar-refractivity contribution in [3.63, 3.8) is 0 Å². The van der Waals surface area contributed by atoms with Crippen LogP contribution in [0.25, 0.3) is 0 Å². The molecule has 0 heterocycles. The molecule has 1 rings (SSSR count). The van der Waals surface area contributed by atoms with Crippen LogP contribution in [0.5, 0.6) is 0 Å². The summed E-state index contributed by atoms with van der Waals surface area (Å²) >= 11 is 3.53. The minimum absolute atomic E-state index is 0.467. The van der Waals surface area contributed by atoms with Gasteiger partial charge in [-0.1, -0.05) is 45.8 Å². The summed E-state index contributed by atoms with van der Waals surface area (Å²) in [6.07, 6.45) is 0. The van der Waals surface area contributed by atoms with E-state index in [1.165, 1.54) is 11.1 Å². The van der Waals surface area contributed by atoms with Gasteiger partial charge >= 0.3 is 0 Å². The van der Waals surface area contributed by atoms with Crippen LogP contribution in [0.3, 0.4) is 0 Å². The Balaban J connectivity index is 2.68. The van der Waals surface area contributed by atoms with Crippen molar-refractivity contribution in [2.24, 2.45) is 0 Å². The lowest BCUT2D eigenvalue weighted by molar-refractivity contribution is 0.137. The highest BCUT2D eigenvalue weighted by Crippen LogP contribution is 2.19. The third kappa shape index (κ3) is 3.43. The summed E-state index contributed by atoms with van der Waals surface area (Å²) in [5.74, 6) is 0.467. The number of halogens is 1. The fraction of sp³-hybridized carbons (Fsp3) is 0.500. The molecule has 1 nitrogen and oxygen atoms in total. The van der Waals surface area contributed by atoms with Gasteiger partial charge in [-0.25, -0.2) is 0 Å². The first-order chi connectivity index (χ1) is 6.77. The van der Waals surface area contributed by atoms with Crippen molar-refractivity contribution in [1.29, 1.82) is 0 Å². The van der Waals surface area contributed by atoms with Crippen molar-refractivity contribution >= 4 is 15.9 Å². The highest BCUT2D eigenvalue weighted by atomic mass is 79.9. The Morgan fingerprint density at radius 3 is 2.79 bits per heavy atom. The maximum Gasteiger partial charge on any atom is 0.0542 e. The van der Waals surface area contributed by atoms with Gasteiger partial charge in [-0.2, -0.15) is 0 Å². The molecular formula is C12H17BrO. The molecule has 0 spiro atoms. The Morgan fingerprint density at radius 2 is 2.21 bits per heavy atom. The third-order valence-electron chi connectivity index (χ3n) is 2.22. The topological polar surface area (TPSA) is 9.23 Å². The van der Waals surface area contributed by atoms with Gasteiger partial charge in [-0.3, -0.25) is 0 Å². The van der Waals surface area contributed by atoms with E-state index in [4.69, 9.17) is 4.74 Å². The first-order valence-electron chi connectivity index (χ1n) is 4.98. The summed E-state index contributed by atoms with van der Waals surface area (Å²) in [7, 11) is 0. The summed E-state index contributed by atoms with van der Waals surface area (Å²) in [4.78, 5) is 0. The number of alkyl halides is 1. The molecule has 0 saturated carbocycles. The van der Waals surface area contributed by atoms with Crippen LogP contribution < -0.4 is 0 Å². The zero-order valence-electron chi connectivity index (χ0n) is 8.79. The van der Waals surface area contributed by atoms with Crippen LogP contribution in [0, 0.1) is 6.92 Å². The lowest BCUT2D eigenvalue weighted by atomic mass is 10.0. The number of benzene rings is 1. The zero-order valence-corrected chi connectivity index (χ0v) is 10.4. The van der Waals surface area contributed by atoms with E-state index in [2.05, 4.69) is 47.1 Å². The highest BCUT2D eigenvalue weighted by molar-refractivity contribution is 9.09. The monoisotopic (exact) mass is 256 g/mol. The molecular weight excluding hydrogens is 240 g/mol. The van der Waals surface area contributed by atoms with E-state index in [-0.39, 0.29) is 0 Å². The number of hydrogen-bond acceptors (Lipinski definition) is 1. The van der Waals surface area contributed by atoms with Crippen molar-refractivity contribution in [2.45, 2.75) is 19.8 Å². The third-order valence-corrected chi connectivity index (χ3v) is 3.00. The van der Waals surface area contributed by atoms with E-state index in [0.717, 1.165) is 18.5 Å². The zero-order chi connectivity index (χ0) is 10.4. The van der Waals surface area contributed by atoms with Crippen LogP contribution >= 0.6 is 15.9 Å². The molecule has 0 aromatic heterocycles. The summed E-state index contributed by atoms with van der Waals surface area (Å²) in [5.41, 5.74) is 2.67. The molecule has 1 aromatic rings. The molecule has 0 aliphatic rings. The van der Waals surface area contributed by atoms with Crippen molar-refractivity contribution in [3.8, 4) is 0 Å². The van der Waals surface area contributed by atoms with Gasteiger partial charge in [0.15, 0.2) is 0 Å². The van der Waals surface area contributed by atoms with E-state index in [1.807, 2.05) is 6.92 Å². The maximum atomic E-state index is 5.45. The molecule has 2 heteroatoms. The van der Waals surface area contributed by atoms with E-state index in [1.54, 1.807) is 0 Å². The summed E-state index contributed by atoms with van der Waals surface area (Å²) in [6.45, 7) is 5.73. The van der Waals surface area contributed by atoms with E-state index < -0.39 is 0 Å². The Hall–Kier alpha value is -0.340. The Bertz CT molecular complexity index is 273. The molecule has 0 radical (unpaired) electrons. The van der Waals surface area contributed by atoms with Gasteiger partial charge < -0.3 is 4.74 Å². The van der Waals surface area contributed by atoms with Gasteiger partial charge in [0.2, 0.25) is 0 Å². The molecule has 0 fully saturated rings. The first-order valence-corrected chi connectivity index (χ1v) is 6.10. The van der Waals surface area contributed by atoms with Gasteiger partial charge in [0, 0.05) is 17.9 Å². The Labute approximate surface area is 94.6 Å². The Morgan fingerprint density at radius 1 is 1.43 bits per heavy atom. The van der Waals surface area contributed by atoms with Gasteiger partial charge in [0.1, 0.15) is 0 Å². The molecule has 1 unspecified atom stereocenters. The number of aryl methyl sites for hydroxylation is 1. The van der Waals surface area contributed by atoms with Crippen LogP contribution in [-0.4, -0.2) is 18.5 Å². The second-order valence-electron chi connectivity index (χ2n) is 3.42. The molecule has 0 aliphatic carbocycles. The normalized spacial score (nSPS) is 12.8. The van der Waals surface area contributed by atoms with Crippen LogP contribution in [0.4, 0.5) is 0 Å². The van der Waals surface area contributed by atoms with Crippen molar-refractivity contribution in [1.82, 2.24) is 0 Å². The largest absolute Gasteiger partial charge is 0.381 e. The van der Waals surface area contributed by atoms with Crippen LogP contribution in [0.15, 0.2) is 24.3 Å². The molecule has 0 N–H and O–H groups in total. The lowest BCUT2D eigenvalue weighted by Gasteiger charge is -2.14. The summed E-state index contributed by atoms with van der Waals surface area (Å²) in [6, 6.07) is 8.62. The van der Waals surface area contributed by atoms with Crippen molar-refractivity contribution < 1.29 is 4.74 Å². The standard InChI is InChI=1S/C12H17BrO/c1-3-14-9-12(8-13)11-6-4-5-10(2)7-11/h4-7,12H,3,8-9H2,1-2H3. The van der Waals surface area contributed by atoms with Crippen molar-refractivity contribution in [3.05, 3.63) is 35.4 Å². The predicted molar refractivity (Wildman–Crippen MR) is 64.2 cm³/mol. The number of hydrogen-bond donors (Lipinski definition) is 0. The van der Waals surface area contributed by atoms with Gasteiger partial charge in [-0.05, 0) is 19.4 Å². The van der Waals surface area contributed by atoms with Crippen LogP contribution in [0.1, 0.15) is 24.0 Å². The summed E-state index contributed by atoms with van der Waals surface area (Å²) in [5, 5.41) is 0.955. The average molecular weight is 257 g/mol. The predicted octanol–water partition coefficient (Wildman–Crippen LogP) is 3.51. The van der Waals surface area contributed by atoms with E-state index >= 15 is 0 Å². The maximum absolute atomic E-state index is 5.45. The number of rotatable bonds is 5. The SMILES string of the molecule is CCOCC(CBr)c1cccc(C)c1. The van der Waals surface area contributed by atoms with Gasteiger partial charge in [0.05, 0.1) is 6.61 Å². The lowest BCUT2D eigenvalue weighted by Crippen LogP contribution is -2.09. The number of ether oxygens (including phenoxy) is 1. The molecule has 78 valence electrons. The fourth-order valence-corrected chi connectivity index (χ4v) is 1.97. The van der Waals surface area contributed by atoms with Crippen LogP contribution in [-0.2, 0) is 4.74 Å². The second kappa shape index (κ2) is 6.20. The molecule has 0 amide bonds. The van der Waals surface area contributed by atoms with E-state index in [0.29, 0.717) is 5.92 Å². The quantitative estimate of drug-likeness (QED) is 0.733. The molecule has 1 atom stereocenters. The molecule has 0 saturated heterocycles. The Kier molecular flexibility index (Phi) is 5.20. The minimum atomic E-state index is 0.467. The first kappa shape index (κ1) is 11.7. The average Bonchev–Trinajstić information content (AvgIpc) is 2.19. The molecule has 0 bridgehead atoms. The smallest absolute Gasteiger partial charge is 0.0542 e. The molecule has 14 heavy (non-hydrogen) atoms. The van der Waals surface area contributed by atoms with Crippen LogP contribution in [0.2, 0.25) is 0 Å². The van der Waals surface area contributed by atoms with Crippen molar-refractivity contribution in [2.75, 3.05) is 18.5 Å². The highest BCUT2D eigenvalue weighted by Gasteiger charge is 2.09. The summed E-state index contributed by atoms with van der Waals surface area (Å²) < 4.78 is 5.45. The van der Waals surface area contributed by atoms with Gasteiger partial charge in [0.25, 0.3) is 0 Å². The second-order valence-corrected chi connectivity index (χ2v) is 4.07. The van der Waals surface area contributed by atoms with Gasteiger partial charge in [-0.15, -0.1) is 0 Å². The fourth-order valence-electron chi connectivity index (χ4n) is 1.41. The molecule has 1 aromatic carbocycles. The minimum Gasteiger partial charge on any atom is -0.381 e. The molecule has 0 aliphatic heterocycles.